The minimum atomic E-state index is -0.190. The maximum atomic E-state index is 10.6. The number of phenols is 1. The Labute approximate surface area is 220 Å². The van der Waals surface area contributed by atoms with Gasteiger partial charge < -0.3 is 20.6 Å². The van der Waals surface area contributed by atoms with E-state index < -0.39 is 0 Å². The van der Waals surface area contributed by atoms with Crippen molar-refractivity contribution in [2.45, 2.75) is 25.8 Å². The molecule has 6 rings (SSSR count). The first-order chi connectivity index (χ1) is 18.6. The van der Waals surface area contributed by atoms with E-state index in [4.69, 9.17) is 15.5 Å². The zero-order chi connectivity index (χ0) is 26.1. The number of aromatic nitrogens is 4. The third kappa shape index (κ3) is 4.48. The van der Waals surface area contributed by atoms with Gasteiger partial charge in [-0.15, -0.1) is 0 Å². The van der Waals surface area contributed by atoms with Crippen LogP contribution in [0.25, 0.3) is 44.2 Å². The zero-order valence-corrected chi connectivity index (χ0v) is 21.1. The second-order valence-corrected chi connectivity index (χ2v) is 9.50. The molecule has 0 fully saturated rings. The fraction of sp³-hybridized carbons (Fsp3) is 0.161. The van der Waals surface area contributed by atoms with Crippen LogP contribution in [0, 0.1) is 0 Å². The molecule has 7 nitrogen and oxygen atoms in total. The quantitative estimate of drug-likeness (QED) is 0.204. The van der Waals surface area contributed by atoms with Gasteiger partial charge in [-0.2, -0.15) is 5.10 Å². The van der Waals surface area contributed by atoms with Gasteiger partial charge in [0.15, 0.2) is 0 Å². The summed E-state index contributed by atoms with van der Waals surface area (Å²) in [6.07, 6.45) is 5.22. The number of phenolic OH excluding ortho intramolecular Hbond substituents is 1. The van der Waals surface area contributed by atoms with Gasteiger partial charge >= 0.3 is 0 Å². The molecule has 38 heavy (non-hydrogen) atoms. The molecular weight excluding hydrogens is 474 g/mol. The molecule has 0 bridgehead atoms. The van der Waals surface area contributed by atoms with E-state index in [-0.39, 0.29) is 11.8 Å². The molecule has 0 aliphatic carbocycles. The fourth-order valence-electron chi connectivity index (χ4n) is 4.98. The van der Waals surface area contributed by atoms with Crippen molar-refractivity contribution >= 4 is 21.8 Å². The summed E-state index contributed by atoms with van der Waals surface area (Å²) in [5.41, 5.74) is 13.9. The number of nitrogens with zero attached hydrogens (tertiary/aromatic N) is 2. The van der Waals surface area contributed by atoms with E-state index in [9.17, 15) is 5.11 Å². The van der Waals surface area contributed by atoms with Crippen molar-refractivity contribution in [3.05, 3.63) is 96.4 Å². The number of nitrogens with one attached hydrogen (secondary N) is 2. The molecular formula is C31H29N5O2. The number of aryl methyl sites for hydroxylation is 1. The van der Waals surface area contributed by atoms with Gasteiger partial charge in [0.25, 0.3) is 0 Å². The van der Waals surface area contributed by atoms with E-state index in [0.29, 0.717) is 30.0 Å². The third-order valence-corrected chi connectivity index (χ3v) is 6.93. The Morgan fingerprint density at radius 3 is 2.66 bits per heavy atom. The lowest BCUT2D eigenvalue weighted by Gasteiger charge is -2.16. The summed E-state index contributed by atoms with van der Waals surface area (Å²) >= 11 is 0. The summed E-state index contributed by atoms with van der Waals surface area (Å²) in [7, 11) is 0. The smallest absolute Gasteiger partial charge is 0.138 e. The van der Waals surface area contributed by atoms with Gasteiger partial charge in [0, 0.05) is 39.7 Å². The van der Waals surface area contributed by atoms with Gasteiger partial charge in [-0.1, -0.05) is 43.3 Å². The molecule has 3 aromatic heterocycles. The lowest BCUT2D eigenvalue weighted by molar-refractivity contribution is 0.287. The van der Waals surface area contributed by atoms with Crippen LogP contribution in [0.15, 0.2) is 85.2 Å². The minimum absolute atomic E-state index is 0.175. The molecule has 0 radical (unpaired) electrons. The third-order valence-electron chi connectivity index (χ3n) is 6.93. The van der Waals surface area contributed by atoms with E-state index in [0.717, 1.165) is 39.7 Å². The Hall–Kier alpha value is -4.62. The van der Waals surface area contributed by atoms with Gasteiger partial charge in [-0.3, -0.25) is 10.1 Å². The highest BCUT2D eigenvalue weighted by Crippen LogP contribution is 2.38. The highest BCUT2D eigenvalue weighted by Gasteiger charge is 2.17. The fourth-order valence-corrected chi connectivity index (χ4v) is 4.98. The van der Waals surface area contributed by atoms with Crippen LogP contribution in [0.5, 0.6) is 11.5 Å². The lowest BCUT2D eigenvalue weighted by Crippen LogP contribution is -2.30. The Balaban J connectivity index is 1.31. The second kappa shape index (κ2) is 10.0. The largest absolute Gasteiger partial charge is 0.507 e. The molecule has 3 aromatic carbocycles. The first-order valence-electron chi connectivity index (χ1n) is 12.8. The van der Waals surface area contributed by atoms with Crippen LogP contribution >= 0.6 is 0 Å². The molecule has 0 saturated carbocycles. The summed E-state index contributed by atoms with van der Waals surface area (Å²) in [5.74, 6) is 0.797. The molecule has 7 heteroatoms. The number of hydrogen-bond donors (Lipinski definition) is 4. The number of fused-ring (bicyclic) bond motifs is 2. The van der Waals surface area contributed by atoms with Gasteiger partial charge in [-0.25, -0.2) is 0 Å². The lowest BCUT2D eigenvalue weighted by atomic mass is 9.97. The molecule has 190 valence electrons. The van der Waals surface area contributed by atoms with E-state index in [1.807, 2.05) is 48.7 Å². The number of para-hydroxylation sites is 2. The van der Waals surface area contributed by atoms with Crippen LogP contribution in [0.1, 0.15) is 18.2 Å². The number of rotatable bonds is 8. The topological polar surface area (TPSA) is 113 Å². The van der Waals surface area contributed by atoms with Crippen LogP contribution in [-0.2, 0) is 12.8 Å². The number of aromatic hydroxyl groups is 1. The first-order valence-corrected chi connectivity index (χ1v) is 12.8. The predicted molar refractivity (Wildman–Crippen MR) is 151 cm³/mol. The number of pyridine rings is 1. The summed E-state index contributed by atoms with van der Waals surface area (Å²) in [6, 6.07) is 23.4. The maximum absolute atomic E-state index is 10.6. The van der Waals surface area contributed by atoms with Gasteiger partial charge in [0.1, 0.15) is 18.1 Å². The van der Waals surface area contributed by atoms with Crippen molar-refractivity contribution in [2.24, 2.45) is 5.73 Å². The molecule has 0 saturated heterocycles. The van der Waals surface area contributed by atoms with Crippen LogP contribution < -0.4 is 10.5 Å². The molecule has 5 N–H and O–H groups in total. The standard InChI is InChI=1S/C31H29N5O2/c1-2-27-26-14-19(11-12-29(26)36-35-27)25-15-22(17-34-31(25)24-8-4-6-10-30(24)37)38-18-21(32)13-20-16-33-28-9-5-3-7-23(20)28/h3-12,14-17,21,33,37H,2,13,18,32H2,1H3,(H,35,36)/t21-/m0/s1. The summed E-state index contributed by atoms with van der Waals surface area (Å²) in [6.45, 7) is 2.43. The molecule has 6 aromatic rings. The normalized spacial score (nSPS) is 12.3. The number of ether oxygens (including phenoxy) is 1. The van der Waals surface area contributed by atoms with E-state index >= 15 is 0 Å². The highest BCUT2D eigenvalue weighted by atomic mass is 16.5. The van der Waals surface area contributed by atoms with Crippen LogP contribution in [0.3, 0.4) is 0 Å². The number of benzene rings is 3. The number of nitrogens with two attached hydrogens (primary N) is 1. The van der Waals surface area contributed by atoms with Crippen LogP contribution in [-0.4, -0.2) is 37.9 Å². The molecule has 0 unspecified atom stereocenters. The van der Waals surface area contributed by atoms with Gasteiger partial charge in [-0.05, 0) is 60.4 Å². The molecule has 0 aliphatic heterocycles. The summed E-state index contributed by atoms with van der Waals surface area (Å²) < 4.78 is 6.15. The van der Waals surface area contributed by atoms with Crippen molar-refractivity contribution in [1.29, 1.82) is 0 Å². The van der Waals surface area contributed by atoms with Crippen molar-refractivity contribution < 1.29 is 9.84 Å². The van der Waals surface area contributed by atoms with Crippen molar-refractivity contribution in [1.82, 2.24) is 20.2 Å². The first kappa shape index (κ1) is 23.8. The van der Waals surface area contributed by atoms with E-state index in [1.165, 1.54) is 10.9 Å². The van der Waals surface area contributed by atoms with E-state index in [2.05, 4.69) is 40.3 Å². The number of hydrogen-bond acceptors (Lipinski definition) is 5. The summed E-state index contributed by atoms with van der Waals surface area (Å²) in [5, 5.41) is 20.4. The number of H-pyrrole nitrogens is 2. The Kier molecular flexibility index (Phi) is 6.27. The molecule has 3 heterocycles. The van der Waals surface area contributed by atoms with Crippen molar-refractivity contribution in [3.63, 3.8) is 0 Å². The monoisotopic (exact) mass is 503 g/mol. The van der Waals surface area contributed by atoms with Crippen LogP contribution in [0.2, 0.25) is 0 Å². The Bertz CT molecular complexity index is 1740. The second-order valence-electron chi connectivity index (χ2n) is 9.50. The van der Waals surface area contributed by atoms with Crippen molar-refractivity contribution in [3.8, 4) is 33.9 Å². The molecule has 0 amide bonds. The minimum Gasteiger partial charge on any atom is -0.507 e. The molecule has 0 aliphatic rings. The van der Waals surface area contributed by atoms with E-state index in [1.54, 1.807) is 18.3 Å². The van der Waals surface area contributed by atoms with Gasteiger partial charge in [0.2, 0.25) is 0 Å². The average Bonchev–Trinajstić information content (AvgIpc) is 3.55. The molecule has 0 spiro atoms. The SMILES string of the molecule is CCc1n[nH]c2ccc(-c3cc(OC[C@@H](N)Cc4c[nH]c5ccccc45)cnc3-c3ccccc3O)cc12. The Morgan fingerprint density at radius 1 is 0.947 bits per heavy atom. The summed E-state index contributed by atoms with van der Waals surface area (Å²) in [4.78, 5) is 8.04. The zero-order valence-electron chi connectivity index (χ0n) is 21.1. The van der Waals surface area contributed by atoms with Crippen LogP contribution in [0.4, 0.5) is 0 Å². The average molecular weight is 504 g/mol. The number of aromatic amines is 2. The predicted octanol–water partition coefficient (Wildman–Crippen LogP) is 5.99. The van der Waals surface area contributed by atoms with Crippen molar-refractivity contribution in [2.75, 3.05) is 6.61 Å². The Morgan fingerprint density at radius 2 is 1.79 bits per heavy atom. The molecule has 1 atom stereocenters. The van der Waals surface area contributed by atoms with Gasteiger partial charge in [0.05, 0.1) is 23.1 Å². The highest BCUT2D eigenvalue weighted by molar-refractivity contribution is 5.91. The maximum Gasteiger partial charge on any atom is 0.138 e.